The highest BCUT2D eigenvalue weighted by Gasteiger charge is 2.12. The Bertz CT molecular complexity index is 537. The Morgan fingerprint density at radius 2 is 2.11 bits per heavy atom. The summed E-state index contributed by atoms with van der Waals surface area (Å²) < 4.78 is 20.6. The van der Waals surface area contributed by atoms with Gasteiger partial charge in [-0.1, -0.05) is 12.1 Å². The summed E-state index contributed by atoms with van der Waals surface area (Å²) in [6, 6.07) is 6.47. The Labute approximate surface area is 105 Å². The number of para-hydroxylation sites is 1. The Kier molecular flexibility index (Phi) is 3.50. The number of anilines is 1. The summed E-state index contributed by atoms with van der Waals surface area (Å²) in [6.45, 7) is 4.20. The van der Waals surface area contributed by atoms with Crippen molar-refractivity contribution in [3.8, 4) is 5.75 Å². The van der Waals surface area contributed by atoms with Crippen LogP contribution in [0.4, 0.5) is 10.1 Å². The fourth-order valence-corrected chi connectivity index (χ4v) is 1.70. The minimum atomic E-state index is -0.383. The molecule has 2 aromatic rings. The van der Waals surface area contributed by atoms with E-state index >= 15 is 0 Å². The van der Waals surface area contributed by atoms with E-state index in [9.17, 15) is 4.39 Å². The molecule has 2 N–H and O–H groups in total. The second-order valence-corrected chi connectivity index (χ2v) is 4.30. The van der Waals surface area contributed by atoms with Gasteiger partial charge in [0.05, 0.1) is 17.6 Å². The third kappa shape index (κ3) is 2.45. The molecule has 0 bridgehead atoms. The number of nitrogen functional groups attached to an aromatic ring is 1. The third-order valence-corrected chi connectivity index (χ3v) is 2.62. The molecule has 0 spiro atoms. The fourth-order valence-electron chi connectivity index (χ4n) is 1.70. The van der Waals surface area contributed by atoms with Crippen molar-refractivity contribution in [1.29, 1.82) is 0 Å². The summed E-state index contributed by atoms with van der Waals surface area (Å²) >= 11 is 0. The van der Waals surface area contributed by atoms with Gasteiger partial charge in [0.1, 0.15) is 6.61 Å². The molecule has 0 saturated heterocycles. The first-order valence-corrected chi connectivity index (χ1v) is 5.78. The number of ether oxygens (including phenoxy) is 1. The molecule has 0 amide bonds. The van der Waals surface area contributed by atoms with Crippen LogP contribution in [-0.4, -0.2) is 9.78 Å². The van der Waals surface area contributed by atoms with Gasteiger partial charge in [-0.15, -0.1) is 0 Å². The zero-order chi connectivity index (χ0) is 13.1. The molecular weight excluding hydrogens is 233 g/mol. The number of rotatable bonds is 4. The quantitative estimate of drug-likeness (QED) is 0.906. The lowest BCUT2D eigenvalue weighted by Crippen LogP contribution is -2.11. The van der Waals surface area contributed by atoms with E-state index in [4.69, 9.17) is 10.5 Å². The van der Waals surface area contributed by atoms with Crippen molar-refractivity contribution in [2.24, 2.45) is 0 Å². The summed E-state index contributed by atoms with van der Waals surface area (Å²) in [5.74, 6) is -0.167. The molecule has 0 aliphatic carbocycles. The van der Waals surface area contributed by atoms with Gasteiger partial charge in [0.15, 0.2) is 11.6 Å². The Balaban J connectivity index is 2.16. The lowest BCUT2D eigenvalue weighted by molar-refractivity contribution is 0.275. The Morgan fingerprint density at radius 1 is 1.39 bits per heavy atom. The molecule has 1 aromatic carbocycles. The fraction of sp³-hybridized carbons (Fsp3) is 0.308. The van der Waals surface area contributed by atoms with Gasteiger partial charge < -0.3 is 10.5 Å². The Hall–Kier alpha value is -2.04. The summed E-state index contributed by atoms with van der Waals surface area (Å²) in [4.78, 5) is 0. The molecule has 0 aliphatic heterocycles. The minimum Gasteiger partial charge on any atom is -0.484 e. The van der Waals surface area contributed by atoms with E-state index < -0.39 is 0 Å². The first-order valence-electron chi connectivity index (χ1n) is 5.78. The first-order chi connectivity index (χ1) is 8.59. The lowest BCUT2D eigenvalue weighted by Gasteiger charge is -2.13. The zero-order valence-electron chi connectivity index (χ0n) is 10.4. The average Bonchev–Trinajstić information content (AvgIpc) is 2.70. The molecule has 1 aromatic heterocycles. The maximum Gasteiger partial charge on any atom is 0.165 e. The minimum absolute atomic E-state index is 0.182. The number of halogens is 1. The van der Waals surface area contributed by atoms with Crippen molar-refractivity contribution >= 4 is 5.69 Å². The van der Waals surface area contributed by atoms with Gasteiger partial charge in [-0.05, 0) is 26.0 Å². The van der Waals surface area contributed by atoms with Gasteiger partial charge in [0.2, 0.25) is 0 Å². The zero-order valence-corrected chi connectivity index (χ0v) is 10.4. The smallest absolute Gasteiger partial charge is 0.165 e. The van der Waals surface area contributed by atoms with Gasteiger partial charge >= 0.3 is 0 Å². The van der Waals surface area contributed by atoms with Crippen LogP contribution in [0.3, 0.4) is 0 Å². The summed E-state index contributed by atoms with van der Waals surface area (Å²) in [5, 5.41) is 4.17. The van der Waals surface area contributed by atoms with E-state index in [0.29, 0.717) is 5.69 Å². The predicted molar refractivity (Wildman–Crippen MR) is 67.8 cm³/mol. The van der Waals surface area contributed by atoms with Gasteiger partial charge in [0, 0.05) is 6.04 Å². The van der Waals surface area contributed by atoms with E-state index in [1.54, 1.807) is 29.1 Å². The van der Waals surface area contributed by atoms with Gasteiger partial charge in [-0.25, -0.2) is 4.39 Å². The standard InChI is InChI=1S/C13H16FN3O/c1-9(2)17-12(11(15)7-16-17)8-18-13-6-4-3-5-10(13)14/h3-7,9H,8,15H2,1-2H3. The number of aromatic nitrogens is 2. The van der Waals surface area contributed by atoms with Crippen molar-refractivity contribution in [2.75, 3.05) is 5.73 Å². The van der Waals surface area contributed by atoms with Gasteiger partial charge in [0.25, 0.3) is 0 Å². The van der Waals surface area contributed by atoms with Crippen LogP contribution in [0.2, 0.25) is 0 Å². The van der Waals surface area contributed by atoms with E-state index in [-0.39, 0.29) is 24.2 Å². The molecule has 5 heteroatoms. The second kappa shape index (κ2) is 5.08. The maximum absolute atomic E-state index is 13.4. The van der Waals surface area contributed by atoms with Crippen molar-refractivity contribution < 1.29 is 9.13 Å². The highest BCUT2D eigenvalue weighted by atomic mass is 19.1. The summed E-state index contributed by atoms with van der Waals surface area (Å²) in [5.41, 5.74) is 7.14. The van der Waals surface area contributed by atoms with Crippen LogP contribution in [0.5, 0.6) is 5.75 Å². The van der Waals surface area contributed by atoms with E-state index in [1.807, 2.05) is 13.8 Å². The normalized spacial score (nSPS) is 10.9. The van der Waals surface area contributed by atoms with Crippen molar-refractivity contribution in [2.45, 2.75) is 26.5 Å². The number of hydrogen-bond donors (Lipinski definition) is 1. The maximum atomic E-state index is 13.4. The molecule has 18 heavy (non-hydrogen) atoms. The largest absolute Gasteiger partial charge is 0.484 e. The van der Waals surface area contributed by atoms with Crippen molar-refractivity contribution in [1.82, 2.24) is 9.78 Å². The molecule has 0 aliphatic rings. The molecule has 1 heterocycles. The highest BCUT2D eigenvalue weighted by Crippen LogP contribution is 2.21. The lowest BCUT2D eigenvalue weighted by atomic mass is 10.3. The van der Waals surface area contributed by atoms with Gasteiger partial charge in [-0.3, -0.25) is 4.68 Å². The monoisotopic (exact) mass is 249 g/mol. The molecule has 0 unspecified atom stereocenters. The van der Waals surface area contributed by atoms with Crippen molar-refractivity contribution in [3.63, 3.8) is 0 Å². The predicted octanol–water partition coefficient (Wildman–Crippen LogP) is 2.76. The van der Waals surface area contributed by atoms with Crippen LogP contribution < -0.4 is 10.5 Å². The number of nitrogens with two attached hydrogens (primary N) is 1. The van der Waals surface area contributed by atoms with Crippen molar-refractivity contribution in [3.05, 3.63) is 42.0 Å². The number of benzene rings is 1. The highest BCUT2D eigenvalue weighted by molar-refractivity contribution is 5.41. The van der Waals surface area contributed by atoms with Crippen LogP contribution in [0.15, 0.2) is 30.5 Å². The molecule has 0 fully saturated rings. The van der Waals surface area contributed by atoms with Crippen LogP contribution in [0.1, 0.15) is 25.6 Å². The SMILES string of the molecule is CC(C)n1ncc(N)c1COc1ccccc1F. The van der Waals surface area contributed by atoms with Crippen LogP contribution >= 0.6 is 0 Å². The topological polar surface area (TPSA) is 53.1 Å². The second-order valence-electron chi connectivity index (χ2n) is 4.30. The molecule has 0 radical (unpaired) electrons. The summed E-state index contributed by atoms with van der Waals surface area (Å²) in [7, 11) is 0. The molecule has 0 saturated carbocycles. The molecule has 0 atom stereocenters. The number of nitrogens with zero attached hydrogens (tertiary/aromatic N) is 2. The molecule has 96 valence electrons. The number of hydrogen-bond acceptors (Lipinski definition) is 3. The molecule has 4 nitrogen and oxygen atoms in total. The van der Waals surface area contributed by atoms with E-state index in [1.165, 1.54) is 6.07 Å². The van der Waals surface area contributed by atoms with Crippen LogP contribution in [0, 0.1) is 5.82 Å². The Morgan fingerprint density at radius 3 is 2.78 bits per heavy atom. The van der Waals surface area contributed by atoms with E-state index in [2.05, 4.69) is 5.10 Å². The van der Waals surface area contributed by atoms with E-state index in [0.717, 1.165) is 5.69 Å². The third-order valence-electron chi connectivity index (χ3n) is 2.62. The van der Waals surface area contributed by atoms with Crippen LogP contribution in [0.25, 0.3) is 0 Å². The summed E-state index contributed by atoms with van der Waals surface area (Å²) in [6.07, 6.45) is 1.58. The van der Waals surface area contributed by atoms with Gasteiger partial charge in [-0.2, -0.15) is 5.10 Å². The first kappa shape index (κ1) is 12.4. The molecular formula is C13H16FN3O. The molecule has 2 rings (SSSR count). The average molecular weight is 249 g/mol. The van der Waals surface area contributed by atoms with Crippen LogP contribution in [-0.2, 0) is 6.61 Å².